The standard InChI is InChI=1S/C25H25NO/c27-20-26(25(18-10-11-19-25)23-16-8-3-9-17-23)24(21-12-4-1-5-13-21)22-14-6-2-7-15-22/h1-9,12-17,20,24H,10-11,18-19H2. The van der Waals surface area contributed by atoms with Gasteiger partial charge in [0.15, 0.2) is 0 Å². The van der Waals surface area contributed by atoms with E-state index in [0.29, 0.717) is 0 Å². The van der Waals surface area contributed by atoms with E-state index in [0.717, 1.165) is 43.2 Å². The molecule has 2 nitrogen and oxygen atoms in total. The second-order valence-corrected chi connectivity index (χ2v) is 7.34. The van der Waals surface area contributed by atoms with Crippen molar-refractivity contribution in [1.82, 2.24) is 4.90 Å². The first kappa shape index (κ1) is 17.5. The Balaban J connectivity index is 1.87. The molecule has 0 atom stereocenters. The molecule has 0 N–H and O–H groups in total. The third-order valence-corrected chi connectivity index (χ3v) is 5.86. The lowest BCUT2D eigenvalue weighted by atomic mass is 9.83. The van der Waals surface area contributed by atoms with Crippen LogP contribution in [-0.4, -0.2) is 11.3 Å². The molecule has 0 heterocycles. The van der Waals surface area contributed by atoms with Gasteiger partial charge in [0.05, 0.1) is 11.6 Å². The predicted octanol–water partition coefficient (Wildman–Crippen LogP) is 5.70. The molecule has 0 bridgehead atoms. The Morgan fingerprint density at radius 1 is 0.704 bits per heavy atom. The average Bonchev–Trinajstić information content (AvgIpc) is 3.24. The Kier molecular flexibility index (Phi) is 5.06. The lowest BCUT2D eigenvalue weighted by Crippen LogP contribution is -2.46. The lowest BCUT2D eigenvalue weighted by molar-refractivity contribution is -0.127. The van der Waals surface area contributed by atoms with Crippen LogP contribution in [0.2, 0.25) is 0 Å². The van der Waals surface area contributed by atoms with Crippen molar-refractivity contribution in [3.05, 3.63) is 108 Å². The Morgan fingerprint density at radius 3 is 1.59 bits per heavy atom. The van der Waals surface area contributed by atoms with E-state index >= 15 is 0 Å². The van der Waals surface area contributed by atoms with E-state index in [4.69, 9.17) is 0 Å². The van der Waals surface area contributed by atoms with Crippen LogP contribution in [0.15, 0.2) is 91.0 Å². The summed E-state index contributed by atoms with van der Waals surface area (Å²) in [5.41, 5.74) is 3.29. The highest BCUT2D eigenvalue weighted by atomic mass is 16.1. The third kappa shape index (κ3) is 3.28. The SMILES string of the molecule is O=CN(C(c1ccccc1)c1ccccc1)C1(c2ccccc2)CCCC1. The van der Waals surface area contributed by atoms with Gasteiger partial charge >= 0.3 is 0 Å². The third-order valence-electron chi connectivity index (χ3n) is 5.86. The van der Waals surface area contributed by atoms with Gasteiger partial charge < -0.3 is 4.90 Å². The molecule has 136 valence electrons. The quantitative estimate of drug-likeness (QED) is 0.519. The van der Waals surface area contributed by atoms with Gasteiger partial charge in [-0.05, 0) is 29.5 Å². The van der Waals surface area contributed by atoms with Crippen molar-refractivity contribution >= 4 is 6.41 Å². The summed E-state index contributed by atoms with van der Waals surface area (Å²) in [5, 5.41) is 0. The molecule has 3 aromatic carbocycles. The molecule has 1 aliphatic carbocycles. The van der Waals surface area contributed by atoms with Crippen molar-refractivity contribution in [1.29, 1.82) is 0 Å². The zero-order chi connectivity index (χ0) is 18.5. The molecule has 0 spiro atoms. The van der Waals surface area contributed by atoms with Crippen LogP contribution in [-0.2, 0) is 10.3 Å². The van der Waals surface area contributed by atoms with Gasteiger partial charge in [0, 0.05) is 0 Å². The van der Waals surface area contributed by atoms with Gasteiger partial charge in [0.1, 0.15) is 0 Å². The minimum atomic E-state index is -0.251. The van der Waals surface area contributed by atoms with Gasteiger partial charge in [0.2, 0.25) is 6.41 Å². The number of nitrogens with zero attached hydrogens (tertiary/aromatic N) is 1. The number of hydrogen-bond donors (Lipinski definition) is 0. The number of carbonyl (C=O) groups is 1. The minimum Gasteiger partial charge on any atom is -0.324 e. The smallest absolute Gasteiger partial charge is 0.211 e. The fourth-order valence-corrected chi connectivity index (χ4v) is 4.60. The fraction of sp³-hybridized carbons (Fsp3) is 0.240. The summed E-state index contributed by atoms with van der Waals surface area (Å²) in [6.07, 6.45) is 5.38. The number of hydrogen-bond acceptors (Lipinski definition) is 1. The molecule has 4 rings (SSSR count). The van der Waals surface area contributed by atoms with Gasteiger partial charge in [-0.1, -0.05) is 104 Å². The molecule has 0 aliphatic heterocycles. The zero-order valence-electron chi connectivity index (χ0n) is 15.5. The van der Waals surface area contributed by atoms with Crippen molar-refractivity contribution in [3.63, 3.8) is 0 Å². The predicted molar refractivity (Wildman–Crippen MR) is 109 cm³/mol. The van der Waals surface area contributed by atoms with Gasteiger partial charge in [-0.15, -0.1) is 0 Å². The fourth-order valence-electron chi connectivity index (χ4n) is 4.60. The zero-order valence-corrected chi connectivity index (χ0v) is 15.5. The van der Waals surface area contributed by atoms with Gasteiger partial charge in [-0.3, -0.25) is 4.79 Å². The molecule has 0 unspecified atom stereocenters. The van der Waals surface area contributed by atoms with Crippen molar-refractivity contribution in [2.45, 2.75) is 37.3 Å². The number of carbonyl (C=O) groups excluding carboxylic acids is 1. The van der Waals surface area contributed by atoms with E-state index in [1.54, 1.807) is 0 Å². The summed E-state index contributed by atoms with van der Waals surface area (Å²) in [6, 6.07) is 31.2. The van der Waals surface area contributed by atoms with Crippen molar-refractivity contribution in [2.75, 3.05) is 0 Å². The van der Waals surface area contributed by atoms with Crippen LogP contribution in [0.1, 0.15) is 48.4 Å². The van der Waals surface area contributed by atoms with E-state index < -0.39 is 0 Å². The molecule has 3 aromatic rings. The van der Waals surface area contributed by atoms with Crippen LogP contribution < -0.4 is 0 Å². The molecule has 0 saturated heterocycles. The highest BCUT2D eigenvalue weighted by molar-refractivity contribution is 5.55. The normalized spacial score (nSPS) is 15.6. The van der Waals surface area contributed by atoms with Gasteiger partial charge in [-0.25, -0.2) is 0 Å². The first-order valence-electron chi connectivity index (χ1n) is 9.74. The maximum Gasteiger partial charge on any atom is 0.211 e. The summed E-state index contributed by atoms with van der Waals surface area (Å²) in [7, 11) is 0. The highest BCUT2D eigenvalue weighted by Gasteiger charge is 2.44. The van der Waals surface area contributed by atoms with Crippen LogP contribution in [0.5, 0.6) is 0 Å². The van der Waals surface area contributed by atoms with Crippen LogP contribution in [0, 0.1) is 0 Å². The first-order valence-corrected chi connectivity index (χ1v) is 9.74. The monoisotopic (exact) mass is 355 g/mol. The Morgan fingerprint density at radius 2 is 1.15 bits per heavy atom. The van der Waals surface area contributed by atoms with Crippen LogP contribution >= 0.6 is 0 Å². The van der Waals surface area contributed by atoms with Crippen LogP contribution in [0.3, 0.4) is 0 Å². The van der Waals surface area contributed by atoms with Gasteiger partial charge in [0.25, 0.3) is 0 Å². The lowest BCUT2D eigenvalue weighted by Gasteiger charge is -2.44. The largest absolute Gasteiger partial charge is 0.324 e. The van der Waals surface area contributed by atoms with Gasteiger partial charge in [-0.2, -0.15) is 0 Å². The summed E-state index contributed by atoms with van der Waals surface area (Å²) in [4.78, 5) is 14.7. The summed E-state index contributed by atoms with van der Waals surface area (Å²) in [6.45, 7) is 0. The summed E-state index contributed by atoms with van der Waals surface area (Å²) >= 11 is 0. The summed E-state index contributed by atoms with van der Waals surface area (Å²) < 4.78 is 0. The molecule has 1 fully saturated rings. The maximum absolute atomic E-state index is 12.6. The van der Waals surface area contributed by atoms with E-state index in [1.165, 1.54) is 5.56 Å². The van der Waals surface area contributed by atoms with E-state index in [9.17, 15) is 4.79 Å². The van der Waals surface area contributed by atoms with Crippen LogP contribution in [0.4, 0.5) is 0 Å². The first-order chi connectivity index (χ1) is 13.3. The van der Waals surface area contributed by atoms with Crippen molar-refractivity contribution < 1.29 is 4.79 Å². The molecule has 0 radical (unpaired) electrons. The minimum absolute atomic E-state index is 0.0943. The second-order valence-electron chi connectivity index (χ2n) is 7.34. The molecule has 1 aliphatic rings. The molecule has 1 amide bonds. The molecule has 27 heavy (non-hydrogen) atoms. The highest BCUT2D eigenvalue weighted by Crippen LogP contribution is 2.48. The second kappa shape index (κ2) is 7.79. The maximum atomic E-state index is 12.6. The molecular formula is C25H25NO. The molecule has 2 heteroatoms. The Labute approximate surface area is 161 Å². The molecular weight excluding hydrogens is 330 g/mol. The topological polar surface area (TPSA) is 20.3 Å². The number of rotatable bonds is 6. The molecule has 0 aromatic heterocycles. The van der Waals surface area contributed by atoms with E-state index in [2.05, 4.69) is 77.7 Å². The number of amides is 1. The van der Waals surface area contributed by atoms with E-state index in [-0.39, 0.29) is 11.6 Å². The van der Waals surface area contributed by atoms with Crippen LogP contribution in [0.25, 0.3) is 0 Å². The number of benzene rings is 3. The Bertz CT molecular complexity index is 815. The van der Waals surface area contributed by atoms with E-state index in [1.807, 2.05) is 18.2 Å². The average molecular weight is 355 g/mol. The Hall–Kier alpha value is -2.87. The van der Waals surface area contributed by atoms with Crippen molar-refractivity contribution in [2.24, 2.45) is 0 Å². The summed E-state index contributed by atoms with van der Waals surface area (Å²) in [5.74, 6) is 0. The molecule has 1 saturated carbocycles. The van der Waals surface area contributed by atoms with Crippen molar-refractivity contribution in [3.8, 4) is 0 Å².